The first-order valence-electron chi connectivity index (χ1n) is 10.2. The molecule has 0 saturated carbocycles. The minimum absolute atomic E-state index is 0.240. The third kappa shape index (κ3) is 9.20. The first-order valence-corrected chi connectivity index (χ1v) is 10.2. The van der Waals surface area contributed by atoms with Gasteiger partial charge in [-0.1, -0.05) is 90.0 Å². The van der Waals surface area contributed by atoms with Crippen molar-refractivity contribution in [3.05, 3.63) is 23.3 Å². The Kier molecular flexibility index (Phi) is 11.4. The second-order valence-corrected chi connectivity index (χ2v) is 7.34. The Morgan fingerprint density at radius 2 is 1.21 bits per heavy atom. The van der Waals surface area contributed by atoms with Crippen molar-refractivity contribution >= 4 is 5.69 Å². The standard InChI is InChI=1S/C22H39NO/c1-3-4-5-6-7-8-9-10-11-12-13-14-15-16-20-17-19(2)22(24)21(23)18-20/h17-18,24H,3-16,23H2,1-2H3. The summed E-state index contributed by atoms with van der Waals surface area (Å²) < 4.78 is 0. The summed E-state index contributed by atoms with van der Waals surface area (Å²) in [6.07, 6.45) is 19.1. The largest absolute Gasteiger partial charge is 0.506 e. The number of unbranched alkanes of at least 4 members (excludes halogenated alkanes) is 12. The van der Waals surface area contributed by atoms with Crippen molar-refractivity contribution in [3.63, 3.8) is 0 Å². The summed E-state index contributed by atoms with van der Waals surface area (Å²) >= 11 is 0. The molecule has 0 aliphatic rings. The number of nitrogen functional groups attached to an aromatic ring is 1. The molecule has 0 heterocycles. The van der Waals surface area contributed by atoms with Gasteiger partial charge in [-0.2, -0.15) is 0 Å². The topological polar surface area (TPSA) is 46.2 Å². The summed E-state index contributed by atoms with van der Waals surface area (Å²) in [7, 11) is 0. The fourth-order valence-corrected chi connectivity index (χ4v) is 3.38. The van der Waals surface area contributed by atoms with Crippen LogP contribution in [-0.2, 0) is 6.42 Å². The van der Waals surface area contributed by atoms with E-state index in [9.17, 15) is 5.11 Å². The lowest BCUT2D eigenvalue weighted by molar-refractivity contribution is 0.473. The van der Waals surface area contributed by atoms with Gasteiger partial charge in [-0.15, -0.1) is 0 Å². The van der Waals surface area contributed by atoms with Crippen LogP contribution in [0.4, 0.5) is 5.69 Å². The molecule has 0 saturated heterocycles. The highest BCUT2D eigenvalue weighted by atomic mass is 16.3. The number of benzene rings is 1. The molecule has 0 unspecified atom stereocenters. The third-order valence-corrected chi connectivity index (χ3v) is 4.96. The first kappa shape index (κ1) is 20.9. The predicted molar refractivity (Wildman–Crippen MR) is 107 cm³/mol. The van der Waals surface area contributed by atoms with E-state index in [2.05, 4.69) is 13.0 Å². The van der Waals surface area contributed by atoms with Crippen LogP contribution in [0.3, 0.4) is 0 Å². The van der Waals surface area contributed by atoms with Crippen LogP contribution in [0.1, 0.15) is 102 Å². The normalized spacial score (nSPS) is 11.1. The highest BCUT2D eigenvalue weighted by Gasteiger charge is 2.03. The lowest BCUT2D eigenvalue weighted by Crippen LogP contribution is -1.93. The quantitative estimate of drug-likeness (QED) is 0.220. The average molecular weight is 334 g/mol. The van der Waals surface area contributed by atoms with Crippen molar-refractivity contribution < 1.29 is 5.11 Å². The molecular weight excluding hydrogens is 294 g/mol. The number of hydrogen-bond donors (Lipinski definition) is 2. The molecule has 1 rings (SSSR count). The van der Waals surface area contributed by atoms with Crippen molar-refractivity contribution in [3.8, 4) is 5.75 Å². The lowest BCUT2D eigenvalue weighted by Gasteiger charge is -2.08. The van der Waals surface area contributed by atoms with Gasteiger partial charge in [0.25, 0.3) is 0 Å². The highest BCUT2D eigenvalue weighted by molar-refractivity contribution is 5.57. The molecule has 3 N–H and O–H groups in total. The summed E-state index contributed by atoms with van der Waals surface area (Å²) in [6, 6.07) is 3.98. The maximum absolute atomic E-state index is 9.69. The van der Waals surface area contributed by atoms with Gasteiger partial charge in [0.1, 0.15) is 5.75 Å². The zero-order valence-corrected chi connectivity index (χ0v) is 16.1. The minimum atomic E-state index is 0.240. The van der Waals surface area contributed by atoms with Gasteiger partial charge in [0.15, 0.2) is 0 Å². The van der Waals surface area contributed by atoms with Crippen molar-refractivity contribution in [2.24, 2.45) is 0 Å². The number of hydrogen-bond acceptors (Lipinski definition) is 2. The molecule has 0 spiro atoms. The Balaban J connectivity index is 1.92. The Morgan fingerprint density at radius 1 is 0.750 bits per heavy atom. The zero-order valence-electron chi connectivity index (χ0n) is 16.1. The molecule has 1 aromatic carbocycles. The van der Waals surface area contributed by atoms with Gasteiger partial charge in [-0.3, -0.25) is 0 Å². The SMILES string of the molecule is CCCCCCCCCCCCCCCc1cc(C)c(O)c(N)c1. The number of nitrogens with two attached hydrogens (primary N) is 1. The second kappa shape index (κ2) is 13.1. The summed E-state index contributed by atoms with van der Waals surface area (Å²) in [5.74, 6) is 0.240. The van der Waals surface area contributed by atoms with Gasteiger partial charge in [-0.05, 0) is 37.0 Å². The average Bonchev–Trinajstić information content (AvgIpc) is 2.56. The molecule has 138 valence electrons. The van der Waals surface area contributed by atoms with E-state index < -0.39 is 0 Å². The minimum Gasteiger partial charge on any atom is -0.506 e. The molecule has 2 nitrogen and oxygen atoms in total. The van der Waals surface area contributed by atoms with E-state index >= 15 is 0 Å². The molecule has 0 atom stereocenters. The van der Waals surface area contributed by atoms with E-state index in [1.54, 1.807) is 0 Å². The van der Waals surface area contributed by atoms with Crippen LogP contribution >= 0.6 is 0 Å². The number of phenols is 1. The summed E-state index contributed by atoms with van der Waals surface area (Å²) in [4.78, 5) is 0. The van der Waals surface area contributed by atoms with Gasteiger partial charge in [-0.25, -0.2) is 0 Å². The van der Waals surface area contributed by atoms with Crippen molar-refractivity contribution in [2.75, 3.05) is 5.73 Å². The fourth-order valence-electron chi connectivity index (χ4n) is 3.38. The second-order valence-electron chi connectivity index (χ2n) is 7.34. The summed E-state index contributed by atoms with van der Waals surface area (Å²) in [6.45, 7) is 4.19. The van der Waals surface area contributed by atoms with Gasteiger partial charge in [0.2, 0.25) is 0 Å². The summed E-state index contributed by atoms with van der Waals surface area (Å²) in [5, 5.41) is 9.69. The van der Waals surface area contributed by atoms with Gasteiger partial charge in [0.05, 0.1) is 5.69 Å². The number of phenolic OH excluding ortho intramolecular Hbond substituents is 1. The molecule has 0 radical (unpaired) electrons. The van der Waals surface area contributed by atoms with E-state index in [4.69, 9.17) is 5.73 Å². The van der Waals surface area contributed by atoms with Gasteiger partial charge < -0.3 is 10.8 Å². The molecule has 0 bridgehead atoms. The van der Waals surface area contributed by atoms with E-state index in [1.165, 1.54) is 89.0 Å². The van der Waals surface area contributed by atoms with Gasteiger partial charge >= 0.3 is 0 Å². The molecule has 24 heavy (non-hydrogen) atoms. The fraction of sp³-hybridized carbons (Fsp3) is 0.727. The van der Waals surface area contributed by atoms with Crippen LogP contribution in [0.5, 0.6) is 5.75 Å². The first-order chi connectivity index (χ1) is 11.6. The highest BCUT2D eigenvalue weighted by Crippen LogP contribution is 2.26. The lowest BCUT2D eigenvalue weighted by atomic mass is 10.0. The van der Waals surface area contributed by atoms with Crippen molar-refractivity contribution in [2.45, 2.75) is 104 Å². The number of rotatable bonds is 14. The number of anilines is 1. The Hall–Kier alpha value is -1.18. The Labute approximate surface area is 149 Å². The number of aryl methyl sites for hydroxylation is 2. The van der Waals surface area contributed by atoms with Crippen LogP contribution in [0.25, 0.3) is 0 Å². The Morgan fingerprint density at radius 3 is 1.67 bits per heavy atom. The molecule has 0 aromatic heterocycles. The van der Waals surface area contributed by atoms with Crippen LogP contribution in [0.15, 0.2) is 12.1 Å². The maximum atomic E-state index is 9.69. The molecule has 0 fully saturated rings. The van der Waals surface area contributed by atoms with E-state index in [1.807, 2.05) is 13.0 Å². The van der Waals surface area contributed by atoms with Crippen molar-refractivity contribution in [1.82, 2.24) is 0 Å². The van der Waals surface area contributed by atoms with E-state index in [0.717, 1.165) is 12.0 Å². The van der Waals surface area contributed by atoms with Crippen LogP contribution in [0, 0.1) is 6.92 Å². The number of aromatic hydroxyl groups is 1. The summed E-state index contributed by atoms with van der Waals surface area (Å²) in [5.41, 5.74) is 8.47. The predicted octanol–water partition coefficient (Wildman–Crippen LogP) is 6.92. The van der Waals surface area contributed by atoms with Crippen LogP contribution in [0.2, 0.25) is 0 Å². The zero-order chi connectivity index (χ0) is 17.6. The van der Waals surface area contributed by atoms with Gasteiger partial charge in [0, 0.05) is 0 Å². The molecule has 0 aliphatic heterocycles. The maximum Gasteiger partial charge on any atom is 0.141 e. The molecule has 2 heteroatoms. The van der Waals surface area contributed by atoms with E-state index in [0.29, 0.717) is 5.69 Å². The molecular formula is C22H39NO. The van der Waals surface area contributed by atoms with Crippen LogP contribution in [-0.4, -0.2) is 5.11 Å². The van der Waals surface area contributed by atoms with Crippen molar-refractivity contribution in [1.29, 1.82) is 0 Å². The molecule has 1 aromatic rings. The Bertz CT molecular complexity index is 419. The molecule has 0 amide bonds. The third-order valence-electron chi connectivity index (χ3n) is 4.96. The smallest absolute Gasteiger partial charge is 0.141 e. The molecule has 0 aliphatic carbocycles. The van der Waals surface area contributed by atoms with Crippen LogP contribution < -0.4 is 5.73 Å². The van der Waals surface area contributed by atoms with E-state index in [-0.39, 0.29) is 5.75 Å². The monoisotopic (exact) mass is 333 g/mol.